The Hall–Kier alpha value is -1.80. The third-order valence-corrected chi connectivity index (χ3v) is 7.18. The lowest BCUT2D eigenvalue weighted by Gasteiger charge is -2.16. The molecule has 0 spiro atoms. The van der Waals surface area contributed by atoms with Gasteiger partial charge in [-0.2, -0.15) is 0 Å². The number of aliphatic hydroxyl groups excluding tert-OH is 1. The van der Waals surface area contributed by atoms with Crippen molar-refractivity contribution in [1.82, 2.24) is 9.55 Å². The van der Waals surface area contributed by atoms with Crippen LogP contribution in [0.4, 0.5) is 0 Å². The Morgan fingerprint density at radius 1 is 1.14 bits per heavy atom. The van der Waals surface area contributed by atoms with E-state index in [1.54, 1.807) is 23.5 Å². The molecule has 3 aromatic rings. The average molecular weight is 433 g/mol. The molecular weight excluding hydrogens is 404 g/mol. The van der Waals surface area contributed by atoms with Crippen molar-refractivity contribution >= 4 is 22.4 Å². The van der Waals surface area contributed by atoms with Crippen LogP contribution in [0.3, 0.4) is 0 Å². The Balaban J connectivity index is 2.05. The highest BCUT2D eigenvalue weighted by Crippen LogP contribution is 2.35. The van der Waals surface area contributed by atoms with Gasteiger partial charge in [0.2, 0.25) is 0 Å². The van der Waals surface area contributed by atoms with Gasteiger partial charge >= 0.3 is 0 Å². The van der Waals surface area contributed by atoms with E-state index in [2.05, 4.69) is 51.4 Å². The number of hydrogen-bond donors (Lipinski definition) is 2. The summed E-state index contributed by atoms with van der Waals surface area (Å²) >= 11 is -0.520. The Morgan fingerprint density at radius 3 is 2.45 bits per heavy atom. The number of benzene rings is 1. The third kappa shape index (κ3) is 4.53. The zero-order valence-corrected chi connectivity index (χ0v) is 19.0. The smallest absolute Gasteiger partial charge is 0.186 e. The zero-order valence-electron chi connectivity index (χ0n) is 17.4. The number of aromatic nitrogens is 2. The highest BCUT2D eigenvalue weighted by Gasteiger charge is 2.21. The number of aliphatic hydroxyl groups is 1. The molecule has 0 saturated heterocycles. The summed E-state index contributed by atoms with van der Waals surface area (Å²) < 4.78 is 23.4. The summed E-state index contributed by atoms with van der Waals surface area (Å²) in [5.74, 6) is 2.20. The molecule has 0 aliphatic carbocycles. The predicted molar refractivity (Wildman–Crippen MR) is 119 cm³/mol. The van der Waals surface area contributed by atoms with Crippen molar-refractivity contribution in [2.45, 2.75) is 58.0 Å². The number of rotatable bonds is 7. The molecule has 2 aromatic heterocycles. The van der Waals surface area contributed by atoms with Gasteiger partial charge in [-0.05, 0) is 41.2 Å². The standard InChI is InChI=1S/C22H28N2O3S2/c1-13(2)15(5)22-23-18(14(3)4)11-24(22)21-9-8-19(28-21)16-6-7-17(12-25)20(10-16)29(26)27/h6-11,13-15,25H,12H2,1-5H3,(H,26,27). The van der Waals surface area contributed by atoms with E-state index in [1.165, 1.54) is 0 Å². The van der Waals surface area contributed by atoms with E-state index >= 15 is 0 Å². The molecule has 0 fully saturated rings. The van der Waals surface area contributed by atoms with Crippen molar-refractivity contribution in [2.75, 3.05) is 0 Å². The van der Waals surface area contributed by atoms with Gasteiger partial charge in [-0.25, -0.2) is 9.19 Å². The summed E-state index contributed by atoms with van der Waals surface area (Å²) in [7, 11) is 0. The molecule has 0 saturated carbocycles. The molecule has 156 valence electrons. The fourth-order valence-electron chi connectivity index (χ4n) is 3.10. The van der Waals surface area contributed by atoms with Gasteiger partial charge in [0, 0.05) is 17.0 Å². The van der Waals surface area contributed by atoms with Gasteiger partial charge < -0.3 is 9.66 Å². The molecule has 3 rings (SSSR count). The van der Waals surface area contributed by atoms with Crippen molar-refractivity contribution in [3.63, 3.8) is 0 Å². The second kappa shape index (κ2) is 8.92. The molecule has 2 unspecified atom stereocenters. The summed E-state index contributed by atoms with van der Waals surface area (Å²) in [5.41, 5.74) is 2.40. The third-order valence-electron chi connectivity index (χ3n) is 5.29. The van der Waals surface area contributed by atoms with Gasteiger partial charge in [-0.3, -0.25) is 4.57 Å². The predicted octanol–water partition coefficient (Wildman–Crippen LogP) is 5.56. The van der Waals surface area contributed by atoms with Crippen molar-refractivity contribution in [3.05, 3.63) is 53.6 Å². The van der Waals surface area contributed by atoms with Crippen LogP contribution in [0, 0.1) is 5.92 Å². The molecule has 2 heterocycles. The van der Waals surface area contributed by atoms with E-state index in [4.69, 9.17) is 4.98 Å². The minimum absolute atomic E-state index is 0.249. The fourth-order valence-corrected chi connectivity index (χ4v) is 4.67. The lowest BCUT2D eigenvalue weighted by atomic mass is 9.97. The molecular formula is C22H28N2O3S2. The minimum atomic E-state index is -2.14. The molecule has 5 nitrogen and oxygen atoms in total. The van der Waals surface area contributed by atoms with Crippen LogP contribution in [-0.4, -0.2) is 23.4 Å². The number of thiophene rings is 1. The first kappa shape index (κ1) is 21.9. The fraction of sp³-hybridized carbons (Fsp3) is 0.409. The summed E-state index contributed by atoms with van der Waals surface area (Å²) in [4.78, 5) is 6.17. The molecule has 1 aromatic carbocycles. The normalized spacial score (nSPS) is 14.0. The largest absolute Gasteiger partial charge is 0.392 e. The van der Waals surface area contributed by atoms with Crippen LogP contribution in [0.25, 0.3) is 15.4 Å². The van der Waals surface area contributed by atoms with Crippen molar-refractivity contribution in [1.29, 1.82) is 0 Å². The van der Waals surface area contributed by atoms with Crippen molar-refractivity contribution < 1.29 is 13.9 Å². The molecule has 29 heavy (non-hydrogen) atoms. The zero-order chi connectivity index (χ0) is 21.3. The lowest BCUT2D eigenvalue weighted by molar-refractivity contribution is 0.278. The van der Waals surface area contributed by atoms with Gasteiger partial charge in [0.05, 0.1) is 17.2 Å². The Kier molecular flexibility index (Phi) is 6.73. The van der Waals surface area contributed by atoms with Crippen LogP contribution in [-0.2, 0) is 17.7 Å². The van der Waals surface area contributed by atoms with E-state index < -0.39 is 11.1 Å². The molecule has 0 radical (unpaired) electrons. The van der Waals surface area contributed by atoms with Gasteiger partial charge in [0.25, 0.3) is 0 Å². The van der Waals surface area contributed by atoms with Crippen LogP contribution < -0.4 is 0 Å². The highest BCUT2D eigenvalue weighted by atomic mass is 32.2. The summed E-state index contributed by atoms with van der Waals surface area (Å²) in [6.45, 7) is 10.7. The van der Waals surface area contributed by atoms with E-state index in [-0.39, 0.29) is 11.5 Å². The quantitative estimate of drug-likeness (QED) is 0.480. The van der Waals surface area contributed by atoms with E-state index in [0.29, 0.717) is 23.3 Å². The van der Waals surface area contributed by atoms with Gasteiger partial charge in [0.15, 0.2) is 11.1 Å². The Morgan fingerprint density at radius 2 is 1.86 bits per heavy atom. The maximum atomic E-state index is 11.6. The van der Waals surface area contributed by atoms with E-state index in [1.807, 2.05) is 12.1 Å². The van der Waals surface area contributed by atoms with Gasteiger partial charge in [0.1, 0.15) is 10.8 Å². The van der Waals surface area contributed by atoms with Crippen LogP contribution in [0.1, 0.15) is 63.5 Å². The van der Waals surface area contributed by atoms with Crippen LogP contribution in [0.5, 0.6) is 0 Å². The lowest BCUT2D eigenvalue weighted by Crippen LogP contribution is -2.09. The second-order valence-corrected chi connectivity index (χ2v) is 9.95. The highest BCUT2D eigenvalue weighted by molar-refractivity contribution is 7.79. The topological polar surface area (TPSA) is 75.4 Å². The van der Waals surface area contributed by atoms with Crippen LogP contribution >= 0.6 is 11.3 Å². The maximum Gasteiger partial charge on any atom is 0.186 e. The minimum Gasteiger partial charge on any atom is -0.392 e. The molecule has 0 aliphatic rings. The first-order valence-corrected chi connectivity index (χ1v) is 11.7. The summed E-state index contributed by atoms with van der Waals surface area (Å²) in [6.07, 6.45) is 2.12. The monoisotopic (exact) mass is 432 g/mol. The van der Waals surface area contributed by atoms with Crippen LogP contribution in [0.2, 0.25) is 0 Å². The first-order valence-electron chi connectivity index (χ1n) is 9.77. The first-order chi connectivity index (χ1) is 13.7. The van der Waals surface area contributed by atoms with Crippen LogP contribution in [0.15, 0.2) is 41.4 Å². The van der Waals surface area contributed by atoms with Gasteiger partial charge in [-0.15, -0.1) is 11.3 Å². The summed E-state index contributed by atoms with van der Waals surface area (Å²) in [6, 6.07) is 9.36. The maximum absolute atomic E-state index is 11.6. The van der Waals surface area contributed by atoms with E-state index in [0.717, 1.165) is 27.0 Å². The molecule has 2 N–H and O–H groups in total. The summed E-state index contributed by atoms with van der Waals surface area (Å²) in [5, 5.41) is 10.5. The van der Waals surface area contributed by atoms with Crippen molar-refractivity contribution in [3.8, 4) is 15.4 Å². The number of imidazole rings is 1. The number of nitrogens with zero attached hydrogens (tertiary/aromatic N) is 2. The number of hydrogen-bond acceptors (Lipinski definition) is 4. The second-order valence-electron chi connectivity index (χ2n) is 7.95. The molecule has 0 aliphatic heterocycles. The van der Waals surface area contributed by atoms with E-state index in [9.17, 15) is 13.9 Å². The molecule has 2 atom stereocenters. The molecule has 0 bridgehead atoms. The van der Waals surface area contributed by atoms with Crippen molar-refractivity contribution in [2.24, 2.45) is 5.92 Å². The SMILES string of the molecule is CC(C)c1cn(-c2ccc(-c3ccc(CO)c(S(=O)O)c3)s2)c(C(C)C(C)C)n1. The Bertz CT molecular complexity index is 1020. The molecule has 7 heteroatoms. The molecule has 0 amide bonds. The Labute approximate surface area is 178 Å². The van der Waals surface area contributed by atoms with Gasteiger partial charge in [-0.1, -0.05) is 46.8 Å². The average Bonchev–Trinajstić information content (AvgIpc) is 3.33.